The van der Waals surface area contributed by atoms with Gasteiger partial charge in [0, 0.05) is 160 Å². The second-order valence-corrected chi connectivity index (χ2v) is 28.1. The van der Waals surface area contributed by atoms with E-state index in [1.165, 1.54) is 25.9 Å². The summed E-state index contributed by atoms with van der Waals surface area (Å²) in [5.41, 5.74) is 20.6. The number of imidazole rings is 3. The SMILES string of the molecule is CC(=O)CCCNC(=O)c1ccc(Nc2ccc(-c3ccc4c(c3)CNC4=O)n3ccnc23)cc1.CC1CCCN(C2CCN(C(=O)c3ccc(Nc4ccc(-c5ccc6c(c5)CNC6=O)n5ccnc45)cc3)CC2)C1.COCCNC(=O)c1ccc(Nc2ccc(-c3ccc4c(c3)CNC4=O)n3ccnc23)cc1. The predicted octanol–water partition coefficient (Wildman–Crippen LogP) is 12.8. The van der Waals surface area contributed by atoms with E-state index < -0.39 is 0 Å². The third-order valence-corrected chi connectivity index (χ3v) is 20.7. The molecule has 24 nitrogen and oxygen atoms in total. The van der Waals surface area contributed by atoms with E-state index in [1.807, 2.05) is 160 Å². The number of likely N-dealkylation sites (tertiary alicyclic amines) is 2. The standard InChI is InChI=1S/C33H36N6O2.C27H25N5O3.C25H23N5O3/c1-22-3-2-15-38(21-22)27-12-16-37(17-13-27)33(41)23-4-7-26(8-5-23)36-29-10-11-30(39-18-14-34-31(29)39)24-6-9-28-25(19-24)20-35-32(28)40;1-17(33)3-2-12-29-26(34)18-4-7-21(8-5-18)31-23-10-11-24(32-14-13-28-25(23)32)19-6-9-22-20(15-19)16-30-27(22)35;1-33-13-11-27-24(31)16-2-5-19(6-3-16)29-21-8-9-22(30-12-10-26-23(21)30)17-4-7-20-18(14-17)15-28-25(20)32/h4-11,14,18-19,22,27,36H,2-3,12-13,15-17,20-21H2,1H3,(H,35,40);4-11,13-15,31H,2-3,12,16H2,1H3,(H,29,34)(H,30,35);2-10,12,14,29H,11,13,15H2,1H3,(H,27,31)(H,28,32). The van der Waals surface area contributed by atoms with Gasteiger partial charge in [-0.2, -0.15) is 0 Å². The molecule has 0 bridgehead atoms. The fourth-order valence-corrected chi connectivity index (χ4v) is 15.0. The van der Waals surface area contributed by atoms with E-state index in [9.17, 15) is 33.6 Å². The van der Waals surface area contributed by atoms with Crippen molar-refractivity contribution in [1.82, 2.24) is 64.5 Å². The molecule has 17 rings (SSSR count). The first-order valence-corrected chi connectivity index (χ1v) is 37.0. The highest BCUT2D eigenvalue weighted by atomic mass is 16.5. The smallest absolute Gasteiger partial charge is 0.253 e. The second-order valence-electron chi connectivity index (χ2n) is 28.1. The molecule has 6 aromatic carbocycles. The van der Waals surface area contributed by atoms with Gasteiger partial charge in [-0.3, -0.25) is 46.9 Å². The number of nitrogens with one attached hydrogen (secondary N) is 8. The fourth-order valence-electron chi connectivity index (χ4n) is 15.0. The third kappa shape index (κ3) is 15.9. The van der Waals surface area contributed by atoms with Crippen LogP contribution in [0.2, 0.25) is 0 Å². The highest BCUT2D eigenvalue weighted by molar-refractivity contribution is 6.01. The summed E-state index contributed by atoms with van der Waals surface area (Å²) in [5.74, 6) is 0.657. The first-order valence-electron chi connectivity index (χ1n) is 37.0. The molecule has 12 aromatic rings. The van der Waals surface area contributed by atoms with Gasteiger partial charge in [0.25, 0.3) is 35.4 Å². The molecule has 1 atom stereocenters. The van der Waals surface area contributed by atoms with Crippen molar-refractivity contribution in [3.63, 3.8) is 0 Å². The number of pyridine rings is 3. The van der Waals surface area contributed by atoms with Gasteiger partial charge >= 0.3 is 0 Å². The van der Waals surface area contributed by atoms with Gasteiger partial charge < -0.3 is 57.0 Å². The molecule has 0 saturated carbocycles. The minimum absolute atomic E-state index is 0.0151. The van der Waals surface area contributed by atoms with Gasteiger partial charge in [-0.1, -0.05) is 25.1 Å². The highest BCUT2D eigenvalue weighted by Crippen LogP contribution is 2.35. The number of nitrogens with zero attached hydrogens (tertiary/aromatic N) is 8. The molecule has 0 aliphatic carbocycles. The third-order valence-electron chi connectivity index (χ3n) is 20.7. The number of piperidine rings is 2. The number of fused-ring (bicyclic) bond motifs is 6. The molecule has 6 amide bonds. The van der Waals surface area contributed by atoms with E-state index >= 15 is 0 Å². The normalized spacial score (nSPS) is 15.2. The van der Waals surface area contributed by atoms with E-state index in [4.69, 9.17) is 4.74 Å². The molecular weight excluding hydrogens is 1370 g/mol. The number of rotatable bonds is 20. The number of benzene rings is 6. The minimum atomic E-state index is -0.161. The summed E-state index contributed by atoms with van der Waals surface area (Å²) in [6, 6.07) is 52.7. The van der Waals surface area contributed by atoms with Crippen molar-refractivity contribution in [1.29, 1.82) is 0 Å². The number of carbonyl (C=O) groups is 7. The van der Waals surface area contributed by atoms with Crippen molar-refractivity contribution in [2.75, 3.05) is 68.9 Å². The van der Waals surface area contributed by atoms with Gasteiger partial charge in [0.1, 0.15) is 5.78 Å². The van der Waals surface area contributed by atoms with Crippen molar-refractivity contribution >= 4 is 92.3 Å². The monoisotopic (exact) mass is 1460 g/mol. The summed E-state index contributed by atoms with van der Waals surface area (Å²) in [6.07, 6.45) is 16.9. The number of ketones is 1. The van der Waals surface area contributed by atoms with Gasteiger partial charge in [0.2, 0.25) is 0 Å². The summed E-state index contributed by atoms with van der Waals surface area (Å²) in [6.45, 7) is 11.0. The van der Waals surface area contributed by atoms with Gasteiger partial charge in [-0.05, 0) is 230 Å². The molecule has 0 spiro atoms. The van der Waals surface area contributed by atoms with E-state index in [-0.39, 0.29) is 41.2 Å². The summed E-state index contributed by atoms with van der Waals surface area (Å²) >= 11 is 0. The van der Waals surface area contributed by atoms with Crippen LogP contribution < -0.4 is 42.5 Å². The zero-order valence-corrected chi connectivity index (χ0v) is 60.9. The Bertz CT molecular complexity index is 5450. The first-order chi connectivity index (χ1) is 53.2. The summed E-state index contributed by atoms with van der Waals surface area (Å²) < 4.78 is 11.0. The fraction of sp³-hybridized carbons (Fsp3) is 0.247. The van der Waals surface area contributed by atoms with Crippen LogP contribution in [0.1, 0.15) is 131 Å². The van der Waals surface area contributed by atoms with Crippen LogP contribution in [-0.2, 0) is 29.2 Å². The maximum absolute atomic E-state index is 13.3. The van der Waals surface area contributed by atoms with Crippen LogP contribution in [-0.4, -0.2) is 138 Å². The van der Waals surface area contributed by atoms with Gasteiger partial charge in [-0.15, -0.1) is 0 Å². The zero-order valence-electron chi connectivity index (χ0n) is 60.9. The zero-order chi connectivity index (χ0) is 75.1. The van der Waals surface area contributed by atoms with Crippen molar-refractivity contribution < 1.29 is 38.3 Å². The number of methoxy groups -OCH3 is 1. The summed E-state index contributed by atoms with van der Waals surface area (Å²) in [4.78, 5) is 103. The molecule has 8 N–H and O–H groups in total. The van der Waals surface area contributed by atoms with Crippen molar-refractivity contribution in [3.8, 4) is 33.8 Å². The van der Waals surface area contributed by atoms with E-state index in [0.717, 1.165) is 156 Å². The summed E-state index contributed by atoms with van der Waals surface area (Å²) in [7, 11) is 1.60. The molecule has 24 heteroatoms. The molecule has 6 aromatic heterocycles. The molecule has 1 unspecified atom stereocenters. The Morgan fingerprint density at radius 3 is 1.28 bits per heavy atom. The molecule has 2 fully saturated rings. The van der Waals surface area contributed by atoms with Crippen LogP contribution in [0.3, 0.4) is 0 Å². The van der Waals surface area contributed by atoms with Crippen LogP contribution in [0.15, 0.2) is 201 Å². The van der Waals surface area contributed by atoms with Crippen molar-refractivity contribution in [3.05, 3.63) is 251 Å². The highest BCUT2D eigenvalue weighted by Gasteiger charge is 2.31. The van der Waals surface area contributed by atoms with E-state index in [1.54, 1.807) is 56.9 Å². The molecule has 11 heterocycles. The average molecular weight is 1460 g/mol. The number of hydrogen-bond acceptors (Lipinski definition) is 15. The Labute approximate surface area is 629 Å². The van der Waals surface area contributed by atoms with Crippen LogP contribution >= 0.6 is 0 Å². The largest absolute Gasteiger partial charge is 0.383 e. The van der Waals surface area contributed by atoms with Gasteiger partial charge in [0.05, 0.1) is 40.8 Å². The number of anilines is 6. The lowest BCUT2D eigenvalue weighted by Gasteiger charge is -2.41. The predicted molar refractivity (Wildman–Crippen MR) is 420 cm³/mol. The van der Waals surface area contributed by atoms with Gasteiger partial charge in [-0.25, -0.2) is 15.0 Å². The Kier molecular flexibility index (Phi) is 21.1. The van der Waals surface area contributed by atoms with Crippen LogP contribution in [0, 0.1) is 5.92 Å². The lowest BCUT2D eigenvalue weighted by atomic mass is 9.95. The van der Waals surface area contributed by atoms with Crippen molar-refractivity contribution in [2.24, 2.45) is 5.92 Å². The lowest BCUT2D eigenvalue weighted by molar-refractivity contribution is -0.117. The van der Waals surface area contributed by atoms with Crippen LogP contribution in [0.4, 0.5) is 34.1 Å². The second kappa shape index (κ2) is 32.1. The Hall–Kier alpha value is -12.8. The minimum Gasteiger partial charge on any atom is -0.383 e. The number of Topliss-reactive ketones (excluding diaryl/α,β-unsaturated/α-hetero) is 1. The Morgan fingerprint density at radius 2 is 0.890 bits per heavy atom. The Balaban J connectivity index is 0.000000131. The number of aromatic nitrogens is 6. The topological polar surface area (TPSA) is 283 Å². The molecule has 552 valence electrons. The van der Waals surface area contributed by atoms with E-state index in [0.29, 0.717) is 69.3 Å². The average Bonchev–Trinajstić information content (AvgIpc) is 1.69. The maximum Gasteiger partial charge on any atom is 0.253 e. The molecule has 2 saturated heterocycles. The molecule has 109 heavy (non-hydrogen) atoms. The van der Waals surface area contributed by atoms with Crippen LogP contribution in [0.25, 0.3) is 50.7 Å². The maximum atomic E-state index is 13.3. The first kappa shape index (κ1) is 71.8. The number of ether oxygens (including phenoxy) is 1. The molecule has 0 radical (unpaired) electrons. The molecule has 5 aliphatic heterocycles. The quantitative estimate of drug-likeness (QED) is 0.0329. The molecule has 5 aliphatic rings. The molecular formula is C85H84N16O8. The van der Waals surface area contributed by atoms with Crippen molar-refractivity contribution in [2.45, 2.75) is 78.0 Å². The number of amides is 6. The summed E-state index contributed by atoms with van der Waals surface area (Å²) in [5, 5.41) is 24.5. The van der Waals surface area contributed by atoms with Gasteiger partial charge in [0.15, 0.2) is 16.9 Å². The van der Waals surface area contributed by atoms with Crippen LogP contribution in [0.5, 0.6) is 0 Å². The Morgan fingerprint density at radius 1 is 0.486 bits per heavy atom. The lowest BCUT2D eigenvalue weighted by Crippen LogP contribution is -2.49. The number of hydrogen-bond donors (Lipinski definition) is 8. The van der Waals surface area contributed by atoms with E-state index in [2.05, 4.69) is 85.8 Å². The number of carbonyl (C=O) groups excluding carboxylic acids is 7.